The molecule has 0 atom stereocenters. The van der Waals surface area contributed by atoms with Crippen molar-refractivity contribution in [2.24, 2.45) is 0 Å². The van der Waals surface area contributed by atoms with E-state index in [0.29, 0.717) is 62.4 Å². The van der Waals surface area contributed by atoms with Crippen molar-refractivity contribution < 1.29 is 49.0 Å². The molecule has 0 aliphatic carbocycles. The maximum atomic E-state index is 12.4. The minimum absolute atomic E-state index is 0.204. The number of esters is 2. The number of methoxy groups -OCH3 is 2. The minimum atomic E-state index is -0.538. The SMILES string of the molecule is COC(=O)COc1ccc(Cc2ccc(OCC(=O)OC)c(C(c3cc(C)c(O)c(C)c3)c3cc(C)c(O)c(C)c3)c2)cc1C(c1cc(C)c(O)c(C)c1)c1cc(C)c(O)c(C)c1. The molecule has 6 rings (SSSR count). The first-order valence-corrected chi connectivity index (χ1v) is 20.8. The molecule has 6 aromatic rings. The minimum Gasteiger partial charge on any atom is -0.507 e. The highest BCUT2D eigenvalue weighted by atomic mass is 16.6. The molecule has 0 bridgehead atoms. The van der Waals surface area contributed by atoms with Crippen LogP contribution in [0.1, 0.15) is 101 Å². The van der Waals surface area contributed by atoms with Crippen LogP contribution in [0.3, 0.4) is 0 Å². The van der Waals surface area contributed by atoms with Crippen molar-refractivity contribution in [1.82, 2.24) is 0 Å². The van der Waals surface area contributed by atoms with E-state index in [1.165, 1.54) is 14.2 Å². The third kappa shape index (κ3) is 9.91. The largest absolute Gasteiger partial charge is 0.507 e. The molecule has 0 fully saturated rings. The maximum Gasteiger partial charge on any atom is 0.343 e. The zero-order valence-electron chi connectivity index (χ0n) is 37.6. The number of hydrogen-bond acceptors (Lipinski definition) is 10. The van der Waals surface area contributed by atoms with Crippen molar-refractivity contribution >= 4 is 11.9 Å². The lowest BCUT2D eigenvalue weighted by molar-refractivity contribution is -0.143. The van der Waals surface area contributed by atoms with Crippen molar-refractivity contribution in [2.45, 2.75) is 73.6 Å². The Hall–Kier alpha value is -6.94. The van der Waals surface area contributed by atoms with Crippen LogP contribution >= 0.6 is 0 Å². The van der Waals surface area contributed by atoms with E-state index in [1.807, 2.05) is 128 Å². The molecule has 0 unspecified atom stereocenters. The number of phenols is 4. The lowest BCUT2D eigenvalue weighted by Crippen LogP contribution is -2.15. The summed E-state index contributed by atoms with van der Waals surface area (Å²) in [5.74, 6) is -0.245. The Bertz CT molecular complexity index is 2320. The quantitative estimate of drug-likeness (QED) is 0.0616. The van der Waals surface area contributed by atoms with Crippen LogP contribution in [0, 0.1) is 55.4 Å². The second-order valence-corrected chi connectivity index (χ2v) is 16.5. The van der Waals surface area contributed by atoms with Gasteiger partial charge in [-0.05, 0) is 152 Å². The number of carbonyl (C=O) groups excluding carboxylic acids is 2. The number of benzene rings is 6. The standard InChI is InChI=1S/C53H56O10/c1-28-15-38(16-29(2)50(28)56)48(39-17-30(3)51(57)31(4)18-39)42-24-36(11-13-44(42)62-26-46(54)60-9)23-37-12-14-45(63-27-47(55)61-10)43(25-37)49(40-19-32(5)52(58)33(6)20-40)41-21-34(7)53(59)35(8)22-41/h11-22,24-25,48-49,56-59H,23,26-27H2,1-10H3. The van der Waals surface area contributed by atoms with Crippen LogP contribution in [-0.4, -0.2) is 59.8 Å². The Morgan fingerprint density at radius 2 is 0.683 bits per heavy atom. The van der Waals surface area contributed by atoms with Crippen LogP contribution in [0.4, 0.5) is 0 Å². The van der Waals surface area contributed by atoms with E-state index >= 15 is 0 Å². The van der Waals surface area contributed by atoms with Gasteiger partial charge in [-0.15, -0.1) is 0 Å². The summed E-state index contributed by atoms with van der Waals surface area (Å²) in [4.78, 5) is 24.9. The van der Waals surface area contributed by atoms with Crippen LogP contribution in [0.2, 0.25) is 0 Å². The summed E-state index contributed by atoms with van der Waals surface area (Å²) in [6, 6.07) is 27.3. The van der Waals surface area contributed by atoms with Crippen LogP contribution in [0.5, 0.6) is 34.5 Å². The summed E-state index contributed by atoms with van der Waals surface area (Å²) in [6.07, 6.45) is 0.441. The van der Waals surface area contributed by atoms with Gasteiger partial charge in [0.1, 0.15) is 34.5 Å². The normalized spacial score (nSPS) is 11.2. The van der Waals surface area contributed by atoms with Crippen molar-refractivity contribution in [1.29, 1.82) is 0 Å². The van der Waals surface area contributed by atoms with Crippen molar-refractivity contribution in [3.63, 3.8) is 0 Å². The zero-order chi connectivity index (χ0) is 45.9. The van der Waals surface area contributed by atoms with Crippen molar-refractivity contribution in [3.8, 4) is 34.5 Å². The Balaban J connectivity index is 1.57. The first-order chi connectivity index (χ1) is 29.9. The van der Waals surface area contributed by atoms with Crippen LogP contribution in [0.15, 0.2) is 84.9 Å². The number of phenolic OH excluding ortho intramolecular Hbond substituents is 4. The third-order valence-electron chi connectivity index (χ3n) is 11.7. The average molecular weight is 853 g/mol. The Kier molecular flexibility index (Phi) is 13.7. The first-order valence-electron chi connectivity index (χ1n) is 20.8. The molecule has 0 amide bonds. The molecule has 328 valence electrons. The highest BCUT2D eigenvalue weighted by Gasteiger charge is 2.27. The van der Waals surface area contributed by atoms with Gasteiger partial charge in [-0.1, -0.05) is 72.8 Å². The van der Waals surface area contributed by atoms with E-state index < -0.39 is 23.8 Å². The molecule has 4 N–H and O–H groups in total. The number of carbonyl (C=O) groups is 2. The second kappa shape index (κ2) is 19.0. The number of aromatic hydroxyl groups is 4. The molecule has 10 nitrogen and oxygen atoms in total. The van der Waals surface area contributed by atoms with Crippen LogP contribution < -0.4 is 9.47 Å². The van der Waals surface area contributed by atoms with E-state index in [2.05, 4.69) is 12.1 Å². The summed E-state index contributed by atoms with van der Waals surface area (Å²) >= 11 is 0. The van der Waals surface area contributed by atoms with Gasteiger partial charge in [-0.3, -0.25) is 0 Å². The van der Waals surface area contributed by atoms with Gasteiger partial charge in [0.25, 0.3) is 0 Å². The second-order valence-electron chi connectivity index (χ2n) is 16.5. The van der Waals surface area contributed by atoms with Crippen molar-refractivity contribution in [2.75, 3.05) is 27.4 Å². The van der Waals surface area contributed by atoms with Gasteiger partial charge >= 0.3 is 11.9 Å². The van der Waals surface area contributed by atoms with Crippen molar-refractivity contribution in [3.05, 3.63) is 174 Å². The molecular formula is C53H56O10. The Labute approximate surface area is 369 Å². The van der Waals surface area contributed by atoms with E-state index in [-0.39, 0.29) is 36.2 Å². The smallest absolute Gasteiger partial charge is 0.343 e. The molecule has 0 heterocycles. The first kappa shape index (κ1) is 45.6. The van der Waals surface area contributed by atoms with Crippen LogP contribution in [0.25, 0.3) is 0 Å². The van der Waals surface area contributed by atoms with Gasteiger partial charge in [-0.25, -0.2) is 9.59 Å². The summed E-state index contributed by atoms with van der Waals surface area (Å²) in [7, 11) is 2.61. The predicted octanol–water partition coefficient (Wildman–Crippen LogP) is 10.0. The number of hydrogen-bond donors (Lipinski definition) is 4. The molecule has 0 saturated carbocycles. The molecular weight excluding hydrogens is 797 g/mol. The van der Waals surface area contributed by atoms with E-state index in [4.69, 9.17) is 18.9 Å². The van der Waals surface area contributed by atoms with Crippen LogP contribution in [-0.2, 0) is 25.5 Å². The van der Waals surface area contributed by atoms with Gasteiger partial charge in [-0.2, -0.15) is 0 Å². The Morgan fingerprint density at radius 1 is 0.429 bits per heavy atom. The van der Waals surface area contributed by atoms with E-state index in [9.17, 15) is 30.0 Å². The topological polar surface area (TPSA) is 152 Å². The zero-order valence-corrected chi connectivity index (χ0v) is 37.6. The number of rotatable bonds is 14. The number of ether oxygens (including phenoxy) is 4. The maximum absolute atomic E-state index is 12.4. The lowest BCUT2D eigenvalue weighted by Gasteiger charge is -2.26. The summed E-state index contributed by atoms with van der Waals surface area (Å²) < 4.78 is 22.3. The molecule has 10 heteroatoms. The Morgan fingerprint density at radius 3 is 0.921 bits per heavy atom. The van der Waals surface area contributed by atoms with E-state index in [1.54, 1.807) is 0 Å². The fourth-order valence-electron chi connectivity index (χ4n) is 8.48. The fraction of sp³-hybridized carbons (Fsp3) is 0.283. The van der Waals surface area contributed by atoms with E-state index in [0.717, 1.165) is 44.5 Å². The van der Waals surface area contributed by atoms with Gasteiger partial charge in [0, 0.05) is 23.0 Å². The molecule has 0 radical (unpaired) electrons. The lowest BCUT2D eigenvalue weighted by atomic mass is 9.80. The molecule has 0 aliphatic rings. The van der Waals surface area contributed by atoms with Gasteiger partial charge in [0.05, 0.1) is 14.2 Å². The molecule has 6 aromatic carbocycles. The highest BCUT2D eigenvalue weighted by molar-refractivity contribution is 5.71. The molecule has 0 aliphatic heterocycles. The third-order valence-corrected chi connectivity index (χ3v) is 11.7. The molecule has 63 heavy (non-hydrogen) atoms. The summed E-state index contributed by atoms with van der Waals surface area (Å²) in [5.41, 5.74) is 12.4. The summed E-state index contributed by atoms with van der Waals surface area (Å²) in [5, 5.41) is 43.3. The van der Waals surface area contributed by atoms with Gasteiger partial charge < -0.3 is 39.4 Å². The van der Waals surface area contributed by atoms with Gasteiger partial charge in [0.2, 0.25) is 0 Å². The molecule has 0 saturated heterocycles. The average Bonchev–Trinajstić information content (AvgIpc) is 3.24. The monoisotopic (exact) mass is 852 g/mol. The predicted molar refractivity (Wildman–Crippen MR) is 243 cm³/mol. The van der Waals surface area contributed by atoms with Gasteiger partial charge in [0.15, 0.2) is 13.2 Å². The molecule has 0 spiro atoms. The summed E-state index contributed by atoms with van der Waals surface area (Å²) in [6.45, 7) is 14.2. The molecule has 0 aromatic heterocycles. The fourth-order valence-corrected chi connectivity index (χ4v) is 8.48. The highest BCUT2D eigenvalue weighted by Crippen LogP contribution is 2.44. The number of aryl methyl sites for hydroxylation is 8.